The second-order valence-corrected chi connectivity index (χ2v) is 4.75. The zero-order valence-electron chi connectivity index (χ0n) is 9.65. The van der Waals surface area contributed by atoms with E-state index in [0.29, 0.717) is 12.1 Å². The smallest absolute Gasteiger partial charge is 0.120 e. The van der Waals surface area contributed by atoms with Crippen LogP contribution in [0.5, 0.6) is 5.75 Å². The maximum absolute atomic E-state index is 6.14. The molecule has 1 fully saturated rings. The molecule has 2 unspecified atom stereocenters. The van der Waals surface area contributed by atoms with E-state index in [-0.39, 0.29) is 0 Å². The highest BCUT2D eigenvalue weighted by Crippen LogP contribution is 2.37. The molecule has 1 aromatic rings. The normalized spacial score (nSPS) is 27.5. The van der Waals surface area contributed by atoms with Gasteiger partial charge in [0.1, 0.15) is 5.75 Å². The maximum atomic E-state index is 6.14. The van der Waals surface area contributed by atoms with Crippen molar-refractivity contribution < 1.29 is 4.74 Å². The first-order valence-corrected chi connectivity index (χ1v) is 5.99. The summed E-state index contributed by atoms with van der Waals surface area (Å²) < 4.78 is 5.30. The van der Waals surface area contributed by atoms with E-state index in [4.69, 9.17) is 10.5 Å². The van der Waals surface area contributed by atoms with Crippen molar-refractivity contribution in [3.8, 4) is 5.75 Å². The van der Waals surface area contributed by atoms with Crippen molar-refractivity contribution >= 4 is 5.69 Å². The molecule has 1 saturated heterocycles. The molecule has 2 aliphatic rings. The van der Waals surface area contributed by atoms with Gasteiger partial charge in [0, 0.05) is 30.4 Å². The number of nitrogens with zero attached hydrogens (tertiary/aromatic N) is 1. The van der Waals surface area contributed by atoms with Crippen molar-refractivity contribution in [1.29, 1.82) is 0 Å². The molecule has 0 aromatic heterocycles. The molecule has 2 heterocycles. The topological polar surface area (TPSA) is 38.5 Å². The molecule has 1 aromatic carbocycles. The summed E-state index contributed by atoms with van der Waals surface area (Å²) in [6.07, 6.45) is 3.45. The molecule has 0 spiro atoms. The van der Waals surface area contributed by atoms with Gasteiger partial charge in [-0.25, -0.2) is 0 Å². The average molecular weight is 218 g/mol. The van der Waals surface area contributed by atoms with E-state index in [1.165, 1.54) is 17.7 Å². The first-order valence-electron chi connectivity index (χ1n) is 5.99. The monoisotopic (exact) mass is 218 g/mol. The van der Waals surface area contributed by atoms with E-state index >= 15 is 0 Å². The highest BCUT2D eigenvalue weighted by Gasteiger charge is 2.35. The summed E-state index contributed by atoms with van der Waals surface area (Å²) in [6.45, 7) is 1.09. The Labute approximate surface area is 96.2 Å². The third-order valence-electron chi connectivity index (χ3n) is 3.91. The molecule has 0 amide bonds. The Morgan fingerprint density at radius 2 is 2.25 bits per heavy atom. The number of aryl methyl sites for hydroxylation is 1. The summed E-state index contributed by atoms with van der Waals surface area (Å²) >= 11 is 0. The molecule has 0 radical (unpaired) electrons. The van der Waals surface area contributed by atoms with Crippen molar-refractivity contribution in [2.24, 2.45) is 5.73 Å². The summed E-state index contributed by atoms with van der Waals surface area (Å²) in [5.41, 5.74) is 8.92. The number of methoxy groups -OCH3 is 1. The fraction of sp³-hybridized carbons (Fsp3) is 0.538. The van der Waals surface area contributed by atoms with Crippen LogP contribution in [0.2, 0.25) is 0 Å². The third-order valence-corrected chi connectivity index (χ3v) is 3.91. The van der Waals surface area contributed by atoms with Crippen LogP contribution in [0, 0.1) is 0 Å². The molecular formula is C13H18N2O. The summed E-state index contributed by atoms with van der Waals surface area (Å²) in [4.78, 5) is 2.46. The molecule has 2 atom stereocenters. The Morgan fingerprint density at radius 1 is 1.38 bits per heavy atom. The Hall–Kier alpha value is -1.22. The molecule has 16 heavy (non-hydrogen) atoms. The highest BCUT2D eigenvalue weighted by molar-refractivity contribution is 5.60. The van der Waals surface area contributed by atoms with Crippen LogP contribution in [0.1, 0.15) is 18.4 Å². The van der Waals surface area contributed by atoms with E-state index < -0.39 is 0 Å². The van der Waals surface area contributed by atoms with E-state index in [1.807, 2.05) is 0 Å². The number of anilines is 1. The second kappa shape index (κ2) is 3.67. The minimum absolute atomic E-state index is 0.347. The lowest BCUT2D eigenvalue weighted by atomic mass is 9.94. The number of benzene rings is 1. The summed E-state index contributed by atoms with van der Waals surface area (Å²) in [5.74, 6) is 0.944. The standard InChI is InChI=1S/C13H18N2O/c1-16-10-4-2-9-3-5-12-11(14)6-7-15(12)13(9)8-10/h2,4,8,11-12H,3,5-7,14H2,1H3. The minimum Gasteiger partial charge on any atom is -0.497 e. The Balaban J connectivity index is 2.01. The van der Waals surface area contributed by atoms with Gasteiger partial charge >= 0.3 is 0 Å². The Morgan fingerprint density at radius 3 is 3.06 bits per heavy atom. The maximum Gasteiger partial charge on any atom is 0.120 e. The number of ether oxygens (including phenoxy) is 1. The number of fused-ring (bicyclic) bond motifs is 3. The molecule has 0 bridgehead atoms. The van der Waals surface area contributed by atoms with Crippen molar-refractivity contribution in [3.63, 3.8) is 0 Å². The predicted molar refractivity (Wildman–Crippen MR) is 65.0 cm³/mol. The number of nitrogens with two attached hydrogens (primary N) is 1. The zero-order chi connectivity index (χ0) is 11.1. The SMILES string of the molecule is COc1ccc2c(c1)N1CCC(N)C1CC2. The lowest BCUT2D eigenvalue weighted by Crippen LogP contribution is -2.42. The molecule has 3 nitrogen and oxygen atoms in total. The minimum atomic E-state index is 0.347. The quantitative estimate of drug-likeness (QED) is 0.777. The van der Waals surface area contributed by atoms with E-state index in [2.05, 4.69) is 23.1 Å². The summed E-state index contributed by atoms with van der Waals surface area (Å²) in [5, 5.41) is 0. The van der Waals surface area contributed by atoms with Crippen molar-refractivity contribution in [1.82, 2.24) is 0 Å². The van der Waals surface area contributed by atoms with Gasteiger partial charge < -0.3 is 15.4 Å². The van der Waals surface area contributed by atoms with Gasteiger partial charge in [0.25, 0.3) is 0 Å². The van der Waals surface area contributed by atoms with Crippen molar-refractivity contribution in [2.75, 3.05) is 18.6 Å². The molecule has 2 aliphatic heterocycles. The second-order valence-electron chi connectivity index (χ2n) is 4.75. The highest BCUT2D eigenvalue weighted by atomic mass is 16.5. The number of rotatable bonds is 1. The van der Waals surface area contributed by atoms with Crippen LogP contribution in [0.15, 0.2) is 18.2 Å². The lowest BCUT2D eigenvalue weighted by molar-refractivity contribution is 0.414. The zero-order valence-corrected chi connectivity index (χ0v) is 9.65. The van der Waals surface area contributed by atoms with Crippen molar-refractivity contribution in [2.45, 2.75) is 31.3 Å². The van der Waals surface area contributed by atoms with Crippen LogP contribution in [-0.2, 0) is 6.42 Å². The van der Waals surface area contributed by atoms with Gasteiger partial charge in [-0.2, -0.15) is 0 Å². The number of hydrogen-bond acceptors (Lipinski definition) is 3. The van der Waals surface area contributed by atoms with E-state index in [1.54, 1.807) is 7.11 Å². The number of hydrogen-bond donors (Lipinski definition) is 1. The third kappa shape index (κ3) is 1.39. The van der Waals surface area contributed by atoms with Crippen LogP contribution in [0.4, 0.5) is 5.69 Å². The first-order chi connectivity index (χ1) is 7.79. The Bertz CT molecular complexity index is 405. The fourth-order valence-electron chi connectivity index (χ4n) is 3.00. The molecule has 0 aliphatic carbocycles. The van der Waals surface area contributed by atoms with Gasteiger partial charge in [0.2, 0.25) is 0 Å². The van der Waals surface area contributed by atoms with Gasteiger partial charge in [0.15, 0.2) is 0 Å². The van der Waals surface area contributed by atoms with E-state index in [9.17, 15) is 0 Å². The van der Waals surface area contributed by atoms with E-state index in [0.717, 1.165) is 25.1 Å². The lowest BCUT2D eigenvalue weighted by Gasteiger charge is -2.35. The summed E-state index contributed by atoms with van der Waals surface area (Å²) in [7, 11) is 1.72. The Kier molecular flexibility index (Phi) is 2.28. The van der Waals surface area contributed by atoms with Crippen LogP contribution in [-0.4, -0.2) is 25.7 Å². The van der Waals surface area contributed by atoms with Gasteiger partial charge in [0.05, 0.1) is 7.11 Å². The molecule has 3 rings (SSSR count). The van der Waals surface area contributed by atoms with Crippen LogP contribution in [0.25, 0.3) is 0 Å². The molecular weight excluding hydrogens is 200 g/mol. The van der Waals surface area contributed by atoms with Gasteiger partial charge in [-0.05, 0) is 30.9 Å². The van der Waals surface area contributed by atoms with Crippen molar-refractivity contribution in [3.05, 3.63) is 23.8 Å². The van der Waals surface area contributed by atoms with Gasteiger partial charge in [-0.1, -0.05) is 6.07 Å². The molecule has 2 N–H and O–H groups in total. The average Bonchev–Trinajstić information content (AvgIpc) is 2.71. The predicted octanol–water partition coefficient (Wildman–Crippen LogP) is 1.55. The van der Waals surface area contributed by atoms with Crippen LogP contribution < -0.4 is 15.4 Å². The van der Waals surface area contributed by atoms with Gasteiger partial charge in [-0.15, -0.1) is 0 Å². The first kappa shape index (κ1) is 9.97. The van der Waals surface area contributed by atoms with Crippen LogP contribution >= 0.6 is 0 Å². The summed E-state index contributed by atoms with van der Waals surface area (Å²) in [6, 6.07) is 7.28. The largest absolute Gasteiger partial charge is 0.497 e. The fourth-order valence-corrected chi connectivity index (χ4v) is 3.00. The molecule has 3 heteroatoms. The van der Waals surface area contributed by atoms with Crippen LogP contribution in [0.3, 0.4) is 0 Å². The molecule has 0 saturated carbocycles. The van der Waals surface area contributed by atoms with Gasteiger partial charge in [-0.3, -0.25) is 0 Å². The molecule has 86 valence electrons.